The number of hydrogen-bond donors (Lipinski definition) is 2. The van der Waals surface area contributed by atoms with Crippen LogP contribution in [0.2, 0.25) is 0 Å². The third-order valence-electron chi connectivity index (χ3n) is 4.87. The highest BCUT2D eigenvalue weighted by Gasteiger charge is 2.00. The van der Waals surface area contributed by atoms with Crippen molar-refractivity contribution in [1.82, 2.24) is 20.2 Å². The first-order valence-electron chi connectivity index (χ1n) is 10.3. The highest BCUT2D eigenvalue weighted by Crippen LogP contribution is 2.20. The van der Waals surface area contributed by atoms with Crippen LogP contribution in [0.3, 0.4) is 0 Å². The molecule has 3 rings (SSSR count). The summed E-state index contributed by atoms with van der Waals surface area (Å²) in [6.07, 6.45) is 6.99. The summed E-state index contributed by atoms with van der Waals surface area (Å²) in [5.74, 6) is 2.83. The maximum atomic E-state index is 5.88. The molecule has 0 aliphatic rings. The number of nitrogens with one attached hydrogen (secondary N) is 2. The molecule has 0 saturated heterocycles. The fraction of sp³-hybridized carbons (Fsp3) is 0.391. The van der Waals surface area contributed by atoms with Crippen LogP contribution >= 0.6 is 24.0 Å². The summed E-state index contributed by atoms with van der Waals surface area (Å²) in [6.45, 7) is 5.44. The standard InChI is InChI=1S/C23H31N5O.HI/c1-19-25-14-16-28(19)15-6-5-12-26-23(24-2)27-13-7-17-29-22-11-10-20-8-3-4-9-21(20)18-22;/h3-4,8-11,14,16,18H,5-7,12-13,15,17H2,1-2H3,(H2,24,26,27);1H. The Morgan fingerprint density at radius 2 is 1.80 bits per heavy atom. The van der Waals surface area contributed by atoms with E-state index >= 15 is 0 Å². The van der Waals surface area contributed by atoms with Gasteiger partial charge in [0, 0.05) is 39.1 Å². The van der Waals surface area contributed by atoms with Crippen molar-refractivity contribution in [1.29, 1.82) is 0 Å². The smallest absolute Gasteiger partial charge is 0.190 e. The first-order chi connectivity index (χ1) is 14.3. The third-order valence-corrected chi connectivity index (χ3v) is 4.87. The zero-order chi connectivity index (χ0) is 20.3. The number of halogens is 1. The van der Waals surface area contributed by atoms with Crippen molar-refractivity contribution < 1.29 is 4.74 Å². The van der Waals surface area contributed by atoms with Gasteiger partial charge in [-0.2, -0.15) is 0 Å². The lowest BCUT2D eigenvalue weighted by atomic mass is 10.1. The maximum Gasteiger partial charge on any atom is 0.190 e. The van der Waals surface area contributed by atoms with Gasteiger partial charge in [-0.25, -0.2) is 4.98 Å². The Hall–Kier alpha value is -2.29. The van der Waals surface area contributed by atoms with Gasteiger partial charge in [0.2, 0.25) is 0 Å². The third kappa shape index (κ3) is 7.51. The minimum Gasteiger partial charge on any atom is -0.494 e. The Bertz CT molecular complexity index is 925. The number of aromatic nitrogens is 2. The molecule has 2 N–H and O–H groups in total. The van der Waals surface area contributed by atoms with Crippen LogP contribution in [0, 0.1) is 6.92 Å². The van der Waals surface area contributed by atoms with Crippen LogP contribution in [-0.2, 0) is 6.54 Å². The van der Waals surface area contributed by atoms with E-state index in [1.807, 2.05) is 31.5 Å². The van der Waals surface area contributed by atoms with Crippen LogP contribution in [-0.4, -0.2) is 42.3 Å². The average molecular weight is 521 g/mol. The number of aryl methyl sites for hydroxylation is 2. The molecular formula is C23H32IN5O. The minimum atomic E-state index is 0. The van der Waals surface area contributed by atoms with Crippen molar-refractivity contribution in [3.63, 3.8) is 0 Å². The van der Waals surface area contributed by atoms with E-state index in [4.69, 9.17) is 4.74 Å². The second-order valence-electron chi connectivity index (χ2n) is 7.01. The molecule has 0 saturated carbocycles. The van der Waals surface area contributed by atoms with Gasteiger partial charge in [-0.15, -0.1) is 24.0 Å². The molecule has 0 aliphatic carbocycles. The second-order valence-corrected chi connectivity index (χ2v) is 7.01. The SMILES string of the molecule is CN=C(NCCCCn1ccnc1C)NCCCOc1ccc2ccccc2c1.I. The van der Waals surface area contributed by atoms with E-state index in [-0.39, 0.29) is 24.0 Å². The molecular weight excluding hydrogens is 489 g/mol. The summed E-state index contributed by atoms with van der Waals surface area (Å²) >= 11 is 0. The van der Waals surface area contributed by atoms with Crippen molar-refractivity contribution in [2.24, 2.45) is 4.99 Å². The number of benzene rings is 2. The normalized spacial score (nSPS) is 11.2. The Morgan fingerprint density at radius 1 is 1.03 bits per heavy atom. The lowest BCUT2D eigenvalue weighted by molar-refractivity contribution is 0.311. The van der Waals surface area contributed by atoms with Gasteiger partial charge in [0.25, 0.3) is 0 Å². The maximum absolute atomic E-state index is 5.88. The predicted molar refractivity (Wildman–Crippen MR) is 135 cm³/mol. The van der Waals surface area contributed by atoms with Crippen LogP contribution in [0.4, 0.5) is 0 Å². The zero-order valence-corrected chi connectivity index (χ0v) is 20.1. The Kier molecular flexibility index (Phi) is 10.5. The molecule has 0 aliphatic heterocycles. The van der Waals surface area contributed by atoms with Crippen LogP contribution in [0.5, 0.6) is 5.75 Å². The van der Waals surface area contributed by atoms with Crippen molar-refractivity contribution in [3.8, 4) is 5.75 Å². The van der Waals surface area contributed by atoms with Crippen LogP contribution in [0.15, 0.2) is 59.9 Å². The van der Waals surface area contributed by atoms with Crippen LogP contribution in [0.1, 0.15) is 25.1 Å². The summed E-state index contributed by atoms with van der Waals surface area (Å²) in [6, 6.07) is 14.5. The predicted octanol–water partition coefficient (Wildman–Crippen LogP) is 4.38. The van der Waals surface area contributed by atoms with E-state index in [2.05, 4.69) is 55.5 Å². The number of ether oxygens (including phenoxy) is 1. The molecule has 0 fully saturated rings. The molecule has 0 spiro atoms. The fourth-order valence-electron chi connectivity index (χ4n) is 3.20. The monoisotopic (exact) mass is 521 g/mol. The molecule has 0 amide bonds. The average Bonchev–Trinajstić information content (AvgIpc) is 3.16. The Labute approximate surface area is 196 Å². The van der Waals surface area contributed by atoms with Gasteiger partial charge < -0.3 is 19.9 Å². The fourth-order valence-corrected chi connectivity index (χ4v) is 3.20. The van der Waals surface area contributed by atoms with Crippen molar-refractivity contribution in [2.45, 2.75) is 32.7 Å². The summed E-state index contributed by atoms with van der Waals surface area (Å²) in [5, 5.41) is 9.15. The van der Waals surface area contributed by atoms with E-state index in [0.29, 0.717) is 6.61 Å². The molecule has 0 unspecified atom stereocenters. The van der Waals surface area contributed by atoms with Gasteiger partial charge in [-0.05, 0) is 49.1 Å². The quantitative estimate of drug-likeness (QED) is 0.180. The van der Waals surface area contributed by atoms with Gasteiger partial charge in [-0.1, -0.05) is 30.3 Å². The van der Waals surface area contributed by atoms with E-state index in [1.54, 1.807) is 7.05 Å². The number of aliphatic imine (C=N–C) groups is 1. The molecule has 3 aromatic rings. The number of rotatable bonds is 10. The number of imidazole rings is 1. The number of unbranched alkanes of at least 4 members (excludes halogenated alkanes) is 1. The van der Waals surface area contributed by atoms with Gasteiger partial charge in [0.15, 0.2) is 5.96 Å². The molecule has 162 valence electrons. The first-order valence-corrected chi connectivity index (χ1v) is 10.3. The number of fused-ring (bicyclic) bond motifs is 1. The van der Waals surface area contributed by atoms with E-state index in [0.717, 1.165) is 56.4 Å². The first kappa shape index (κ1) is 24.0. The molecule has 7 heteroatoms. The van der Waals surface area contributed by atoms with Gasteiger partial charge in [0.05, 0.1) is 6.61 Å². The summed E-state index contributed by atoms with van der Waals surface area (Å²) in [4.78, 5) is 8.52. The molecule has 0 bridgehead atoms. The second kappa shape index (κ2) is 13.1. The Morgan fingerprint density at radius 3 is 2.53 bits per heavy atom. The molecule has 2 aromatic carbocycles. The largest absolute Gasteiger partial charge is 0.494 e. The van der Waals surface area contributed by atoms with Gasteiger partial charge in [-0.3, -0.25) is 4.99 Å². The molecule has 6 nitrogen and oxygen atoms in total. The summed E-state index contributed by atoms with van der Waals surface area (Å²) < 4.78 is 8.06. The molecule has 0 atom stereocenters. The highest BCUT2D eigenvalue weighted by molar-refractivity contribution is 14.0. The minimum absolute atomic E-state index is 0. The summed E-state index contributed by atoms with van der Waals surface area (Å²) in [7, 11) is 1.80. The molecule has 30 heavy (non-hydrogen) atoms. The van der Waals surface area contributed by atoms with Gasteiger partial charge >= 0.3 is 0 Å². The lowest BCUT2D eigenvalue weighted by Crippen LogP contribution is -2.38. The van der Waals surface area contributed by atoms with E-state index < -0.39 is 0 Å². The van der Waals surface area contributed by atoms with Crippen molar-refractivity contribution >= 4 is 40.7 Å². The van der Waals surface area contributed by atoms with E-state index in [1.165, 1.54) is 10.8 Å². The topological polar surface area (TPSA) is 63.5 Å². The molecule has 1 aromatic heterocycles. The lowest BCUT2D eigenvalue weighted by Gasteiger charge is -2.12. The van der Waals surface area contributed by atoms with Gasteiger partial charge in [0.1, 0.15) is 11.6 Å². The van der Waals surface area contributed by atoms with Crippen LogP contribution in [0.25, 0.3) is 10.8 Å². The zero-order valence-electron chi connectivity index (χ0n) is 17.8. The number of guanidine groups is 1. The summed E-state index contributed by atoms with van der Waals surface area (Å²) in [5.41, 5.74) is 0. The van der Waals surface area contributed by atoms with Crippen LogP contribution < -0.4 is 15.4 Å². The highest BCUT2D eigenvalue weighted by atomic mass is 127. The van der Waals surface area contributed by atoms with Crippen molar-refractivity contribution in [2.75, 3.05) is 26.7 Å². The van der Waals surface area contributed by atoms with Crippen molar-refractivity contribution in [3.05, 3.63) is 60.7 Å². The van der Waals surface area contributed by atoms with E-state index in [9.17, 15) is 0 Å². The molecule has 0 radical (unpaired) electrons. The number of nitrogens with zero attached hydrogens (tertiary/aromatic N) is 3. The Balaban J connectivity index is 0.00000320. The molecule has 1 heterocycles. The number of hydrogen-bond acceptors (Lipinski definition) is 3.